The molecule has 2 aromatic rings. The van der Waals surface area contributed by atoms with E-state index in [1.165, 1.54) is 19.3 Å². The van der Waals surface area contributed by atoms with Gasteiger partial charge in [-0.25, -0.2) is 19.9 Å². The Labute approximate surface area is 143 Å². The fraction of sp³-hybridized carbons (Fsp3) is 0.467. The van der Waals surface area contributed by atoms with Crippen molar-refractivity contribution in [3.8, 4) is 5.82 Å². The molecule has 0 amide bonds. The summed E-state index contributed by atoms with van der Waals surface area (Å²) in [6.07, 6.45) is 5.98. The van der Waals surface area contributed by atoms with Crippen molar-refractivity contribution in [3.05, 3.63) is 30.1 Å². The van der Waals surface area contributed by atoms with E-state index in [-0.39, 0.29) is 5.60 Å². The topological polar surface area (TPSA) is 80.5 Å². The first-order valence-electron chi connectivity index (χ1n) is 7.95. The van der Waals surface area contributed by atoms with Crippen molar-refractivity contribution < 1.29 is 4.74 Å². The highest BCUT2D eigenvalue weighted by Crippen LogP contribution is 2.41. The number of hydrogen-bond donors (Lipinski definition) is 1. The monoisotopic (exact) mass is 345 g/mol. The van der Waals surface area contributed by atoms with Gasteiger partial charge in [-0.2, -0.15) is 0 Å². The average molecular weight is 346 g/mol. The predicted octanol–water partition coefficient (Wildman–Crippen LogP) is 1.19. The lowest BCUT2D eigenvalue weighted by molar-refractivity contribution is 0.0364. The number of imidazole rings is 1. The lowest BCUT2D eigenvalue weighted by atomic mass is 9.88. The van der Waals surface area contributed by atoms with Gasteiger partial charge in [-0.15, -0.1) is 0 Å². The van der Waals surface area contributed by atoms with Gasteiger partial charge < -0.3 is 4.74 Å². The van der Waals surface area contributed by atoms with Crippen LogP contribution < -0.4 is 5.32 Å². The fourth-order valence-corrected chi connectivity index (χ4v) is 3.97. The van der Waals surface area contributed by atoms with Gasteiger partial charge in [0.05, 0.1) is 6.54 Å². The smallest absolute Gasteiger partial charge is 0.291 e. The van der Waals surface area contributed by atoms with E-state index in [1.54, 1.807) is 23.2 Å². The molecule has 0 aliphatic carbocycles. The Balaban J connectivity index is 1.32. The van der Waals surface area contributed by atoms with Gasteiger partial charge in [0.15, 0.2) is 0 Å². The SMILES string of the molecule is Clc1cn(-c2cc(NC3=NC[C@@]4(C[N@@]5CCC4C5)O3)ncn2)cn1. The van der Waals surface area contributed by atoms with Gasteiger partial charge in [0.25, 0.3) is 6.02 Å². The highest BCUT2D eigenvalue weighted by molar-refractivity contribution is 6.29. The maximum Gasteiger partial charge on any atom is 0.291 e. The van der Waals surface area contributed by atoms with Gasteiger partial charge >= 0.3 is 0 Å². The molecule has 2 bridgehead atoms. The highest BCUT2D eigenvalue weighted by Gasteiger charge is 2.54. The number of fused-ring (bicyclic) bond motifs is 3. The minimum absolute atomic E-state index is 0.145. The summed E-state index contributed by atoms with van der Waals surface area (Å²) in [7, 11) is 0. The number of aromatic nitrogens is 4. The summed E-state index contributed by atoms with van der Waals surface area (Å²) in [4.78, 5) is 19.5. The molecule has 0 radical (unpaired) electrons. The van der Waals surface area contributed by atoms with E-state index in [1.807, 2.05) is 0 Å². The number of aliphatic imine (C=N–C) groups is 1. The van der Waals surface area contributed by atoms with E-state index in [9.17, 15) is 0 Å². The Morgan fingerprint density at radius 3 is 3.04 bits per heavy atom. The Morgan fingerprint density at radius 1 is 1.33 bits per heavy atom. The molecule has 9 heteroatoms. The molecule has 0 aromatic carbocycles. The number of rotatable bonds is 2. The molecule has 0 saturated carbocycles. The second kappa shape index (κ2) is 5.15. The molecule has 5 rings (SSSR count). The number of ether oxygens (including phenoxy) is 1. The van der Waals surface area contributed by atoms with Gasteiger partial charge in [-0.3, -0.25) is 14.8 Å². The van der Waals surface area contributed by atoms with Crippen molar-refractivity contribution in [2.24, 2.45) is 10.9 Å². The van der Waals surface area contributed by atoms with Crippen molar-refractivity contribution in [3.63, 3.8) is 0 Å². The third kappa shape index (κ3) is 2.25. The van der Waals surface area contributed by atoms with Crippen LogP contribution >= 0.6 is 11.6 Å². The first-order chi connectivity index (χ1) is 11.7. The van der Waals surface area contributed by atoms with Crippen LogP contribution in [-0.2, 0) is 4.74 Å². The minimum atomic E-state index is -0.145. The zero-order chi connectivity index (χ0) is 16.1. The lowest BCUT2D eigenvalue weighted by Crippen LogP contribution is -2.46. The van der Waals surface area contributed by atoms with Crippen molar-refractivity contribution >= 4 is 23.4 Å². The summed E-state index contributed by atoms with van der Waals surface area (Å²) in [5.74, 6) is 1.88. The summed E-state index contributed by atoms with van der Waals surface area (Å²) >= 11 is 5.85. The van der Waals surface area contributed by atoms with Crippen LogP contribution in [0.4, 0.5) is 5.82 Å². The number of nitrogens with zero attached hydrogens (tertiary/aromatic N) is 6. The summed E-state index contributed by atoms with van der Waals surface area (Å²) in [5.41, 5.74) is -0.145. The Bertz CT molecular complexity index is 822. The van der Waals surface area contributed by atoms with E-state index in [0.29, 0.717) is 35.3 Å². The quantitative estimate of drug-likeness (QED) is 0.880. The van der Waals surface area contributed by atoms with E-state index in [0.717, 1.165) is 13.1 Å². The van der Waals surface area contributed by atoms with Crippen LogP contribution in [-0.4, -0.2) is 62.2 Å². The summed E-state index contributed by atoms with van der Waals surface area (Å²) in [5, 5.41) is 3.58. The number of amidine groups is 1. The van der Waals surface area contributed by atoms with Gasteiger partial charge in [-0.05, 0) is 13.0 Å². The first-order valence-corrected chi connectivity index (χ1v) is 8.33. The van der Waals surface area contributed by atoms with Crippen LogP contribution in [0.2, 0.25) is 5.15 Å². The zero-order valence-electron chi connectivity index (χ0n) is 12.9. The molecular formula is C15H16ClN7O. The summed E-state index contributed by atoms with van der Waals surface area (Å²) in [6.45, 7) is 3.99. The van der Waals surface area contributed by atoms with Crippen LogP contribution in [0.5, 0.6) is 0 Å². The molecule has 24 heavy (non-hydrogen) atoms. The molecule has 3 aliphatic rings. The molecular weight excluding hydrogens is 330 g/mol. The molecule has 2 aromatic heterocycles. The van der Waals surface area contributed by atoms with Crippen LogP contribution in [0, 0.1) is 5.92 Å². The van der Waals surface area contributed by atoms with E-state index in [2.05, 4.69) is 30.2 Å². The van der Waals surface area contributed by atoms with Gasteiger partial charge in [-0.1, -0.05) is 11.6 Å². The fourth-order valence-electron chi connectivity index (χ4n) is 3.83. The number of piperidine rings is 1. The largest absolute Gasteiger partial charge is 0.455 e. The standard InChI is InChI=1S/C15H16ClN7O/c16-11-5-23(9-20-11)13-3-12(18-8-19-13)21-14-17-6-15(24-14)7-22-2-1-10(15)4-22/h3,5,8-10H,1-2,4,6-7H2,(H,17,18,19,21)/t10?,15-/m0/s1. The minimum Gasteiger partial charge on any atom is -0.455 e. The van der Waals surface area contributed by atoms with Crippen molar-refractivity contribution in [1.82, 2.24) is 24.4 Å². The highest BCUT2D eigenvalue weighted by atomic mass is 35.5. The Kier molecular flexibility index (Phi) is 3.04. The lowest BCUT2D eigenvalue weighted by Gasteiger charge is -2.32. The van der Waals surface area contributed by atoms with Crippen molar-refractivity contribution in [2.45, 2.75) is 12.0 Å². The Hall–Kier alpha value is -2.19. The molecule has 124 valence electrons. The third-order valence-electron chi connectivity index (χ3n) is 5.00. The maximum absolute atomic E-state index is 6.19. The first kappa shape index (κ1) is 14.2. The third-order valence-corrected chi connectivity index (χ3v) is 5.20. The molecule has 5 heterocycles. The normalized spacial score (nSPS) is 30.6. The molecule has 2 saturated heterocycles. The predicted molar refractivity (Wildman–Crippen MR) is 88.5 cm³/mol. The average Bonchev–Trinajstić information content (AvgIpc) is 3.34. The number of hydrogen-bond acceptors (Lipinski definition) is 7. The van der Waals surface area contributed by atoms with Crippen LogP contribution in [0.25, 0.3) is 5.82 Å². The van der Waals surface area contributed by atoms with E-state index in [4.69, 9.17) is 16.3 Å². The number of anilines is 1. The summed E-state index contributed by atoms with van der Waals surface area (Å²) in [6, 6.07) is 2.34. The van der Waals surface area contributed by atoms with Gasteiger partial charge in [0, 0.05) is 31.3 Å². The van der Waals surface area contributed by atoms with Crippen molar-refractivity contribution in [1.29, 1.82) is 0 Å². The van der Waals surface area contributed by atoms with E-state index < -0.39 is 0 Å². The molecule has 2 fully saturated rings. The van der Waals surface area contributed by atoms with E-state index >= 15 is 0 Å². The molecule has 3 atom stereocenters. The van der Waals surface area contributed by atoms with Crippen molar-refractivity contribution in [2.75, 3.05) is 31.5 Å². The van der Waals surface area contributed by atoms with Gasteiger partial charge in [0.2, 0.25) is 0 Å². The molecule has 1 N–H and O–H groups in total. The molecule has 3 aliphatic heterocycles. The van der Waals surface area contributed by atoms with Gasteiger partial charge in [0.1, 0.15) is 35.0 Å². The Morgan fingerprint density at radius 2 is 2.29 bits per heavy atom. The number of nitrogens with one attached hydrogen (secondary N) is 1. The molecule has 1 unspecified atom stereocenters. The second-order valence-electron chi connectivity index (χ2n) is 6.50. The van der Waals surface area contributed by atoms with Crippen LogP contribution in [0.1, 0.15) is 6.42 Å². The maximum atomic E-state index is 6.19. The number of halogens is 1. The van der Waals surface area contributed by atoms with Crippen LogP contribution in [0.15, 0.2) is 29.9 Å². The molecule has 8 nitrogen and oxygen atoms in total. The second-order valence-corrected chi connectivity index (χ2v) is 6.89. The van der Waals surface area contributed by atoms with Crippen LogP contribution in [0.3, 0.4) is 0 Å². The zero-order valence-corrected chi connectivity index (χ0v) is 13.6. The summed E-state index contributed by atoms with van der Waals surface area (Å²) < 4.78 is 7.93. The molecule has 1 spiro atoms.